The molecule has 0 aromatic heterocycles. The first kappa shape index (κ1) is 20.8. The Morgan fingerprint density at radius 1 is 1.00 bits per heavy atom. The minimum absolute atomic E-state index is 0.122. The number of anilines is 1. The lowest BCUT2D eigenvalue weighted by Crippen LogP contribution is -2.33. The lowest BCUT2D eigenvalue weighted by atomic mass is 9.97. The molecule has 0 spiro atoms. The zero-order chi connectivity index (χ0) is 20.8. The Kier molecular flexibility index (Phi) is 6.86. The number of carbonyl (C=O) groups excluding carboxylic acids is 1. The first-order valence-corrected chi connectivity index (χ1v) is 9.83. The van der Waals surface area contributed by atoms with Crippen LogP contribution in [-0.2, 0) is 4.74 Å². The number of rotatable bonds is 5. The van der Waals surface area contributed by atoms with Crippen molar-refractivity contribution in [1.82, 2.24) is 5.32 Å². The molecule has 148 valence electrons. The molecule has 3 aromatic carbocycles. The molecule has 29 heavy (non-hydrogen) atoms. The number of hydrogen-bond donors (Lipinski definition) is 2. The van der Waals surface area contributed by atoms with E-state index in [1.165, 1.54) is 12.7 Å². The first-order valence-electron chi connectivity index (χ1n) is 9.05. The molecule has 0 saturated heterocycles. The quantitative estimate of drug-likeness (QED) is 0.417. The number of nitrogens with one attached hydrogen (secondary N) is 2. The number of methoxy groups -OCH3 is 1. The van der Waals surface area contributed by atoms with Crippen molar-refractivity contribution in [2.45, 2.75) is 13.0 Å². The molecule has 6 heteroatoms. The maximum absolute atomic E-state index is 11.9. The highest BCUT2D eigenvalue weighted by Crippen LogP contribution is 2.24. The van der Waals surface area contributed by atoms with Gasteiger partial charge in [-0.15, -0.1) is 0 Å². The van der Waals surface area contributed by atoms with E-state index in [1.54, 1.807) is 18.2 Å². The fourth-order valence-electron chi connectivity index (χ4n) is 3.02. The summed E-state index contributed by atoms with van der Waals surface area (Å²) in [4.78, 5) is 11.9. The molecule has 3 rings (SSSR count). The van der Waals surface area contributed by atoms with Crippen LogP contribution in [0.5, 0.6) is 0 Å². The third-order valence-corrected chi connectivity index (χ3v) is 4.96. The Labute approximate surface area is 180 Å². The molecule has 1 atom stereocenters. The lowest BCUT2D eigenvalue weighted by molar-refractivity contribution is 0.0601. The van der Waals surface area contributed by atoms with Crippen LogP contribution in [-0.4, -0.2) is 18.2 Å². The van der Waals surface area contributed by atoms with E-state index in [-0.39, 0.29) is 11.6 Å². The number of esters is 1. The van der Waals surface area contributed by atoms with Crippen LogP contribution < -0.4 is 10.6 Å². The lowest BCUT2D eigenvalue weighted by Gasteiger charge is -2.22. The smallest absolute Gasteiger partial charge is 0.339 e. The average Bonchev–Trinajstić information content (AvgIpc) is 2.73. The van der Waals surface area contributed by atoms with Gasteiger partial charge in [0.1, 0.15) is 0 Å². The molecule has 3 aromatic rings. The molecule has 0 saturated carbocycles. The Morgan fingerprint density at radius 2 is 1.72 bits per heavy atom. The van der Waals surface area contributed by atoms with Crippen molar-refractivity contribution in [3.8, 4) is 0 Å². The minimum atomic E-state index is -0.501. The number of ether oxygens (including phenoxy) is 1. The maximum Gasteiger partial charge on any atom is 0.339 e. The second kappa shape index (κ2) is 9.54. The van der Waals surface area contributed by atoms with Crippen LogP contribution >= 0.6 is 23.8 Å². The Balaban J connectivity index is 1.83. The Bertz CT molecular complexity index is 1020. The highest BCUT2D eigenvalue weighted by Gasteiger charge is 2.16. The third kappa shape index (κ3) is 5.34. The zero-order valence-corrected chi connectivity index (χ0v) is 17.7. The summed E-state index contributed by atoms with van der Waals surface area (Å²) < 4.78 is 4.77. The highest BCUT2D eigenvalue weighted by atomic mass is 35.5. The molecule has 0 fully saturated rings. The van der Waals surface area contributed by atoms with Gasteiger partial charge in [0.05, 0.1) is 23.7 Å². The normalized spacial score (nSPS) is 11.4. The van der Waals surface area contributed by atoms with E-state index in [0.29, 0.717) is 15.8 Å². The van der Waals surface area contributed by atoms with Crippen LogP contribution in [0, 0.1) is 6.92 Å². The van der Waals surface area contributed by atoms with Gasteiger partial charge in [-0.2, -0.15) is 0 Å². The molecular formula is C23H21ClN2O2S. The van der Waals surface area contributed by atoms with Gasteiger partial charge in [-0.3, -0.25) is 0 Å². The van der Waals surface area contributed by atoms with Gasteiger partial charge in [0.2, 0.25) is 0 Å². The monoisotopic (exact) mass is 424 g/mol. The number of benzene rings is 3. The number of carbonyl (C=O) groups is 1. The number of thiocarbonyl (C=S) groups is 1. The van der Waals surface area contributed by atoms with Crippen molar-refractivity contribution < 1.29 is 9.53 Å². The van der Waals surface area contributed by atoms with Gasteiger partial charge in [0.25, 0.3) is 0 Å². The van der Waals surface area contributed by atoms with Crippen molar-refractivity contribution >= 4 is 40.6 Å². The molecule has 2 N–H and O–H groups in total. The highest BCUT2D eigenvalue weighted by molar-refractivity contribution is 7.80. The molecule has 0 unspecified atom stereocenters. The Morgan fingerprint density at radius 3 is 2.41 bits per heavy atom. The summed E-state index contributed by atoms with van der Waals surface area (Å²) in [6, 6.07) is 23.3. The van der Waals surface area contributed by atoms with E-state index >= 15 is 0 Å². The topological polar surface area (TPSA) is 50.4 Å². The predicted octanol–water partition coefficient (Wildman–Crippen LogP) is 5.51. The molecule has 0 radical (unpaired) electrons. The number of aryl methyl sites for hydroxylation is 1. The molecule has 4 nitrogen and oxygen atoms in total. The molecular weight excluding hydrogens is 404 g/mol. The maximum atomic E-state index is 11.9. The summed E-state index contributed by atoms with van der Waals surface area (Å²) in [6.45, 7) is 2.06. The van der Waals surface area contributed by atoms with Gasteiger partial charge in [0, 0.05) is 5.69 Å². The Hall–Kier alpha value is -2.89. The van der Waals surface area contributed by atoms with Gasteiger partial charge in [-0.25, -0.2) is 4.79 Å². The third-order valence-electron chi connectivity index (χ3n) is 4.41. The first-order chi connectivity index (χ1) is 14.0. The van der Waals surface area contributed by atoms with Crippen LogP contribution in [0.1, 0.15) is 33.1 Å². The van der Waals surface area contributed by atoms with E-state index in [9.17, 15) is 4.79 Å². The van der Waals surface area contributed by atoms with Crippen molar-refractivity contribution in [2.75, 3.05) is 12.4 Å². The van der Waals surface area contributed by atoms with Crippen LogP contribution in [0.15, 0.2) is 72.8 Å². The standard InChI is InChI=1S/C23H21ClN2O2S/c1-15-7-6-10-17(13-15)21(16-8-4-3-5-9-16)26-23(29)25-18-11-12-20(24)19(14-18)22(27)28-2/h3-14,21H,1-2H3,(H2,25,26,29)/t21-/m0/s1. The molecule has 0 bridgehead atoms. The van der Waals surface area contributed by atoms with Crippen LogP contribution in [0.25, 0.3) is 0 Å². The van der Waals surface area contributed by atoms with Gasteiger partial charge < -0.3 is 15.4 Å². The SMILES string of the molecule is COC(=O)c1cc(NC(=S)N[C@@H](c2ccccc2)c2cccc(C)c2)ccc1Cl. The van der Waals surface area contributed by atoms with Crippen LogP contribution in [0.3, 0.4) is 0 Å². The van der Waals surface area contributed by atoms with Crippen molar-refractivity contribution in [2.24, 2.45) is 0 Å². The molecule has 0 aliphatic rings. The van der Waals surface area contributed by atoms with E-state index in [0.717, 1.165) is 11.1 Å². The van der Waals surface area contributed by atoms with Crippen molar-refractivity contribution in [3.63, 3.8) is 0 Å². The van der Waals surface area contributed by atoms with E-state index < -0.39 is 5.97 Å². The summed E-state index contributed by atoms with van der Waals surface area (Å²) in [6.07, 6.45) is 0. The van der Waals surface area contributed by atoms with Crippen molar-refractivity contribution in [1.29, 1.82) is 0 Å². The molecule has 0 heterocycles. The van der Waals surface area contributed by atoms with Gasteiger partial charge in [0.15, 0.2) is 5.11 Å². The predicted molar refractivity (Wildman–Crippen MR) is 122 cm³/mol. The van der Waals surface area contributed by atoms with Crippen molar-refractivity contribution in [3.05, 3.63) is 100 Å². The molecule has 0 aliphatic heterocycles. The number of hydrogen-bond acceptors (Lipinski definition) is 3. The largest absolute Gasteiger partial charge is 0.465 e. The average molecular weight is 425 g/mol. The molecule has 0 aliphatic carbocycles. The van der Waals surface area contributed by atoms with E-state index in [4.69, 9.17) is 28.6 Å². The summed E-state index contributed by atoms with van der Waals surface area (Å²) in [5.41, 5.74) is 4.29. The summed E-state index contributed by atoms with van der Waals surface area (Å²) in [5, 5.41) is 7.25. The molecule has 0 amide bonds. The fraction of sp³-hybridized carbons (Fsp3) is 0.130. The van der Waals surface area contributed by atoms with Gasteiger partial charge in [-0.1, -0.05) is 71.8 Å². The van der Waals surface area contributed by atoms with Crippen LogP contribution in [0.2, 0.25) is 5.02 Å². The van der Waals surface area contributed by atoms with Gasteiger partial charge >= 0.3 is 5.97 Å². The van der Waals surface area contributed by atoms with E-state index in [2.05, 4.69) is 47.9 Å². The summed E-state index contributed by atoms with van der Waals surface area (Å²) in [5.74, 6) is -0.501. The second-order valence-electron chi connectivity index (χ2n) is 6.54. The minimum Gasteiger partial charge on any atom is -0.465 e. The van der Waals surface area contributed by atoms with Gasteiger partial charge in [-0.05, 0) is 48.5 Å². The second-order valence-corrected chi connectivity index (χ2v) is 7.36. The van der Waals surface area contributed by atoms with Crippen LogP contribution in [0.4, 0.5) is 5.69 Å². The summed E-state index contributed by atoms with van der Waals surface area (Å²) >= 11 is 11.6. The number of halogens is 1. The fourth-order valence-corrected chi connectivity index (χ4v) is 3.45. The van der Waals surface area contributed by atoms with E-state index in [1.807, 2.05) is 24.3 Å². The zero-order valence-electron chi connectivity index (χ0n) is 16.1. The summed E-state index contributed by atoms with van der Waals surface area (Å²) in [7, 11) is 1.32.